The summed E-state index contributed by atoms with van der Waals surface area (Å²) in [6.45, 7) is 5.26. The Hall–Kier alpha value is -3.09. The number of anilines is 1. The van der Waals surface area contributed by atoms with Crippen LogP contribution in [-0.2, 0) is 4.79 Å². The molecule has 7 heteroatoms. The number of nitrogens with one attached hydrogen (secondary N) is 2. The van der Waals surface area contributed by atoms with Crippen molar-refractivity contribution in [2.24, 2.45) is 0 Å². The largest absolute Gasteiger partial charge is 0.481 e. The number of carbonyl (C=O) groups excluding carboxylic acids is 1. The average Bonchev–Trinajstić information content (AvgIpc) is 3.23. The molecule has 138 valence electrons. The van der Waals surface area contributed by atoms with E-state index in [-0.39, 0.29) is 11.5 Å². The third-order valence-electron chi connectivity index (χ3n) is 4.04. The fourth-order valence-corrected chi connectivity index (χ4v) is 2.60. The number of rotatable bonds is 4. The lowest BCUT2D eigenvalue weighted by atomic mass is 10.1. The van der Waals surface area contributed by atoms with Crippen molar-refractivity contribution < 1.29 is 9.53 Å². The molecule has 0 radical (unpaired) electrons. The van der Waals surface area contributed by atoms with Gasteiger partial charge in [0.2, 0.25) is 11.8 Å². The molecule has 0 atom stereocenters. The average molecular weight is 356 g/mol. The molecule has 7 nitrogen and oxygen atoms in total. The molecule has 3 heterocycles. The third kappa shape index (κ3) is 4.95. The number of nitrogens with zero attached hydrogens (tertiary/aromatic N) is 2. The molecule has 1 fully saturated rings. The van der Waals surface area contributed by atoms with Crippen molar-refractivity contribution in [1.29, 1.82) is 0 Å². The number of aromatic nitrogens is 2. The van der Waals surface area contributed by atoms with Crippen molar-refractivity contribution in [3.8, 4) is 17.0 Å². The van der Waals surface area contributed by atoms with Crippen LogP contribution in [0.5, 0.6) is 5.88 Å². The highest BCUT2D eigenvalue weighted by molar-refractivity contribution is 5.87. The molecule has 0 saturated carbocycles. The van der Waals surface area contributed by atoms with Crippen LogP contribution in [0.4, 0.5) is 5.69 Å². The van der Waals surface area contributed by atoms with E-state index in [9.17, 15) is 9.59 Å². The molecule has 3 rings (SSSR count). The van der Waals surface area contributed by atoms with Crippen LogP contribution in [0.2, 0.25) is 0 Å². The van der Waals surface area contributed by atoms with Gasteiger partial charge in [0.25, 0.3) is 5.56 Å². The van der Waals surface area contributed by atoms with Crippen LogP contribution >= 0.6 is 0 Å². The molecule has 2 aromatic heterocycles. The zero-order valence-corrected chi connectivity index (χ0v) is 15.1. The molecule has 2 N–H and O–H groups in total. The van der Waals surface area contributed by atoms with Crippen molar-refractivity contribution in [2.45, 2.75) is 12.8 Å². The monoisotopic (exact) mass is 356 g/mol. The van der Waals surface area contributed by atoms with E-state index in [1.165, 1.54) is 6.08 Å². The Morgan fingerprint density at radius 3 is 2.69 bits per heavy atom. The zero-order valence-electron chi connectivity index (χ0n) is 15.1. The third-order valence-corrected chi connectivity index (χ3v) is 4.04. The smallest absolute Gasteiger partial charge is 0.271 e. The lowest BCUT2D eigenvalue weighted by Crippen LogP contribution is -2.25. The summed E-state index contributed by atoms with van der Waals surface area (Å²) in [7, 11) is 3.28. The van der Waals surface area contributed by atoms with Crippen LogP contribution in [0.3, 0.4) is 0 Å². The molecule has 0 bridgehead atoms. The van der Waals surface area contributed by atoms with Crippen LogP contribution in [-0.4, -0.2) is 48.0 Å². The second-order valence-corrected chi connectivity index (χ2v) is 5.70. The first-order valence-corrected chi connectivity index (χ1v) is 8.41. The first-order valence-electron chi connectivity index (χ1n) is 8.41. The van der Waals surface area contributed by atoms with Crippen LogP contribution in [0, 0.1) is 0 Å². The Morgan fingerprint density at radius 2 is 2.08 bits per heavy atom. The summed E-state index contributed by atoms with van der Waals surface area (Å²) in [4.78, 5) is 30.8. The van der Waals surface area contributed by atoms with Gasteiger partial charge in [0, 0.05) is 44.2 Å². The van der Waals surface area contributed by atoms with Gasteiger partial charge in [-0.15, -0.1) is 0 Å². The van der Waals surface area contributed by atoms with Gasteiger partial charge in [-0.3, -0.25) is 9.59 Å². The number of aromatic amines is 1. The number of carbonyl (C=O) groups is 1. The molecule has 0 aliphatic carbocycles. The molecule has 1 aliphatic heterocycles. The Morgan fingerprint density at radius 1 is 1.35 bits per heavy atom. The maximum absolute atomic E-state index is 11.4. The minimum absolute atomic E-state index is 0.0764. The highest BCUT2D eigenvalue weighted by atomic mass is 16.5. The van der Waals surface area contributed by atoms with Gasteiger partial charge >= 0.3 is 0 Å². The van der Waals surface area contributed by atoms with Gasteiger partial charge in [-0.05, 0) is 36.6 Å². The van der Waals surface area contributed by atoms with Gasteiger partial charge in [0.05, 0.1) is 7.11 Å². The highest BCUT2D eigenvalue weighted by Gasteiger charge is 2.14. The Kier molecular flexibility index (Phi) is 6.96. The van der Waals surface area contributed by atoms with E-state index in [2.05, 4.69) is 21.9 Å². The number of methoxy groups -OCH3 is 1. The first kappa shape index (κ1) is 19.2. The topological polar surface area (TPSA) is 87.3 Å². The molecule has 0 unspecified atom stereocenters. The molecule has 1 aliphatic rings. The second-order valence-electron chi connectivity index (χ2n) is 5.70. The van der Waals surface area contributed by atoms with Crippen molar-refractivity contribution >= 4 is 11.6 Å². The zero-order chi connectivity index (χ0) is 18.9. The number of hydrogen-bond acceptors (Lipinski definition) is 5. The normalized spacial score (nSPS) is 12.8. The number of hydrogen-bond donors (Lipinski definition) is 2. The van der Waals surface area contributed by atoms with E-state index in [0.29, 0.717) is 11.6 Å². The number of likely N-dealkylation sites (tertiary alicyclic amines) is 1. The van der Waals surface area contributed by atoms with Gasteiger partial charge in [-0.1, -0.05) is 6.58 Å². The molecule has 1 saturated heterocycles. The molecule has 0 aromatic carbocycles. The van der Waals surface area contributed by atoms with E-state index < -0.39 is 0 Å². The summed E-state index contributed by atoms with van der Waals surface area (Å²) in [5.74, 6) is 0.618. The van der Waals surface area contributed by atoms with Gasteiger partial charge in [0.1, 0.15) is 5.69 Å². The highest BCUT2D eigenvalue weighted by Crippen LogP contribution is 2.22. The molecule has 0 spiro atoms. The van der Waals surface area contributed by atoms with E-state index >= 15 is 0 Å². The fraction of sp³-hybridized carbons (Fsp3) is 0.316. The van der Waals surface area contributed by atoms with Crippen molar-refractivity contribution in [3.05, 3.63) is 53.6 Å². The van der Waals surface area contributed by atoms with Crippen LogP contribution < -0.4 is 15.6 Å². The number of pyridine rings is 2. The predicted octanol–water partition coefficient (Wildman–Crippen LogP) is 2.28. The van der Waals surface area contributed by atoms with E-state index in [4.69, 9.17) is 4.74 Å². The lowest BCUT2D eigenvalue weighted by molar-refractivity contribution is -0.124. The molecule has 26 heavy (non-hydrogen) atoms. The van der Waals surface area contributed by atoms with Gasteiger partial charge in [0.15, 0.2) is 0 Å². The SMILES string of the molecule is C=CC(=O)N1CCCC1.CNc1cc(-c2ccnc(OC)c2)c[nH]c1=O. The quantitative estimate of drug-likeness (QED) is 0.821. The van der Waals surface area contributed by atoms with Crippen molar-refractivity contribution in [1.82, 2.24) is 14.9 Å². The molecular weight excluding hydrogens is 332 g/mol. The predicted molar refractivity (Wildman–Crippen MR) is 102 cm³/mol. The fourth-order valence-electron chi connectivity index (χ4n) is 2.60. The van der Waals surface area contributed by atoms with E-state index in [1.54, 1.807) is 32.6 Å². The van der Waals surface area contributed by atoms with Gasteiger partial charge in [-0.2, -0.15) is 0 Å². The van der Waals surface area contributed by atoms with E-state index in [0.717, 1.165) is 37.1 Å². The summed E-state index contributed by atoms with van der Waals surface area (Å²) < 4.78 is 5.06. The summed E-state index contributed by atoms with van der Waals surface area (Å²) in [5.41, 5.74) is 2.22. The van der Waals surface area contributed by atoms with Crippen LogP contribution in [0.15, 0.2) is 48.0 Å². The number of ether oxygens (including phenoxy) is 1. The summed E-state index contributed by atoms with van der Waals surface area (Å²) in [5, 5.41) is 2.84. The summed E-state index contributed by atoms with van der Waals surface area (Å²) in [6.07, 6.45) is 7.01. The lowest BCUT2D eigenvalue weighted by Gasteiger charge is -2.10. The minimum atomic E-state index is -0.141. The van der Waals surface area contributed by atoms with Gasteiger partial charge in [-0.25, -0.2) is 4.98 Å². The Balaban J connectivity index is 0.000000228. The number of amides is 1. The molecule has 1 amide bonds. The minimum Gasteiger partial charge on any atom is -0.481 e. The van der Waals surface area contributed by atoms with Gasteiger partial charge < -0.3 is 19.9 Å². The first-order chi connectivity index (χ1) is 12.6. The summed E-state index contributed by atoms with van der Waals surface area (Å²) in [6, 6.07) is 5.45. The Labute approximate surface area is 152 Å². The van der Waals surface area contributed by atoms with E-state index in [1.807, 2.05) is 17.0 Å². The maximum atomic E-state index is 11.4. The summed E-state index contributed by atoms with van der Waals surface area (Å²) >= 11 is 0. The van der Waals surface area contributed by atoms with Crippen molar-refractivity contribution in [2.75, 3.05) is 32.6 Å². The second kappa shape index (κ2) is 9.41. The number of H-pyrrole nitrogens is 1. The van der Waals surface area contributed by atoms with Crippen LogP contribution in [0.25, 0.3) is 11.1 Å². The molecular formula is C19H24N4O3. The standard InChI is InChI=1S/C12H13N3O2.C7H11NO/c1-13-10-5-9(7-15-12(10)16)8-3-4-14-11(6-8)17-2;1-2-7(9)8-5-3-4-6-8/h3-7,13H,1-2H3,(H,15,16);2H,1,3-6H2. The van der Waals surface area contributed by atoms with Crippen molar-refractivity contribution in [3.63, 3.8) is 0 Å². The maximum Gasteiger partial charge on any atom is 0.271 e. The van der Waals surface area contributed by atoms with Crippen LogP contribution in [0.1, 0.15) is 12.8 Å². The Bertz CT molecular complexity index is 810. The molecule has 2 aromatic rings.